The van der Waals surface area contributed by atoms with Crippen molar-refractivity contribution in [2.45, 2.75) is 31.2 Å². The van der Waals surface area contributed by atoms with E-state index in [9.17, 15) is 27.7 Å². The highest BCUT2D eigenvalue weighted by molar-refractivity contribution is 7.89. The van der Waals surface area contributed by atoms with Crippen molar-refractivity contribution >= 4 is 21.6 Å². The van der Waals surface area contributed by atoms with Crippen LogP contribution in [0, 0.1) is 28.8 Å². The molecule has 0 N–H and O–H groups in total. The summed E-state index contributed by atoms with van der Waals surface area (Å²) in [5.41, 5.74) is 0.553. The summed E-state index contributed by atoms with van der Waals surface area (Å²) in [6.45, 7) is 1.99. The highest BCUT2D eigenvalue weighted by Crippen LogP contribution is 2.29. The van der Waals surface area contributed by atoms with Gasteiger partial charge in [0.15, 0.2) is 0 Å². The first-order chi connectivity index (χ1) is 14.6. The first-order valence-corrected chi connectivity index (χ1v) is 11.3. The van der Waals surface area contributed by atoms with Crippen molar-refractivity contribution in [3.63, 3.8) is 0 Å². The molecule has 0 unspecified atom stereocenters. The van der Waals surface area contributed by atoms with Crippen LogP contribution in [0.25, 0.3) is 0 Å². The number of sulfonamides is 1. The number of nitro benzene ring substituents is 1. The Labute approximate surface area is 180 Å². The third-order valence-corrected chi connectivity index (χ3v) is 7.59. The third kappa shape index (κ3) is 4.91. The maximum Gasteiger partial charge on any atom is 0.270 e. The van der Waals surface area contributed by atoms with Crippen molar-refractivity contribution in [2.24, 2.45) is 5.92 Å². The number of non-ortho nitro benzene ring substituents is 1. The molecule has 2 aromatic carbocycles. The second kappa shape index (κ2) is 9.11. The van der Waals surface area contributed by atoms with E-state index in [1.807, 2.05) is 0 Å². The number of benzene rings is 2. The molecule has 2 aromatic rings. The molecule has 0 radical (unpaired) electrons. The fraction of sp³-hybridized carbons (Fsp3) is 0.381. The van der Waals surface area contributed by atoms with E-state index in [0.29, 0.717) is 24.0 Å². The van der Waals surface area contributed by atoms with Gasteiger partial charge in [-0.2, -0.15) is 4.31 Å². The lowest BCUT2D eigenvalue weighted by Crippen LogP contribution is -2.43. The van der Waals surface area contributed by atoms with Crippen LogP contribution in [0.4, 0.5) is 10.1 Å². The number of piperidine rings is 1. The SMILES string of the molecule is Cc1ccc([N+](=O)[O-])cc1S(=O)(=O)N1CCC(C(=O)N(C)Cc2ccccc2F)CC1. The summed E-state index contributed by atoms with van der Waals surface area (Å²) in [7, 11) is -2.32. The van der Waals surface area contributed by atoms with E-state index in [2.05, 4.69) is 0 Å². The highest BCUT2D eigenvalue weighted by atomic mass is 32.2. The quantitative estimate of drug-likeness (QED) is 0.498. The van der Waals surface area contributed by atoms with Gasteiger partial charge in [-0.1, -0.05) is 24.3 Å². The van der Waals surface area contributed by atoms with Crippen LogP contribution in [0.15, 0.2) is 47.4 Å². The lowest BCUT2D eigenvalue weighted by molar-refractivity contribution is -0.385. The number of rotatable bonds is 6. The molecule has 3 rings (SSSR count). The Hall–Kier alpha value is -2.85. The van der Waals surface area contributed by atoms with Crippen LogP contribution in [0.2, 0.25) is 0 Å². The summed E-state index contributed by atoms with van der Waals surface area (Å²) in [6, 6.07) is 10.0. The van der Waals surface area contributed by atoms with E-state index in [4.69, 9.17) is 0 Å². The molecule has 1 heterocycles. The number of aryl methyl sites for hydroxylation is 1. The molecule has 0 aromatic heterocycles. The number of halogens is 1. The van der Waals surface area contributed by atoms with Crippen molar-refractivity contribution in [2.75, 3.05) is 20.1 Å². The van der Waals surface area contributed by atoms with Gasteiger partial charge in [0.2, 0.25) is 15.9 Å². The van der Waals surface area contributed by atoms with Crippen LogP contribution in [-0.2, 0) is 21.4 Å². The van der Waals surface area contributed by atoms with E-state index < -0.39 is 14.9 Å². The van der Waals surface area contributed by atoms with Gasteiger partial charge in [-0.3, -0.25) is 14.9 Å². The first-order valence-electron chi connectivity index (χ1n) is 9.85. The van der Waals surface area contributed by atoms with E-state index >= 15 is 0 Å². The topological polar surface area (TPSA) is 101 Å². The number of hydrogen-bond acceptors (Lipinski definition) is 5. The van der Waals surface area contributed by atoms with Crippen LogP contribution in [0.1, 0.15) is 24.0 Å². The van der Waals surface area contributed by atoms with Crippen molar-refractivity contribution in [1.29, 1.82) is 0 Å². The predicted molar refractivity (Wildman–Crippen MR) is 112 cm³/mol. The zero-order valence-electron chi connectivity index (χ0n) is 17.3. The minimum absolute atomic E-state index is 0.0943. The maximum absolute atomic E-state index is 13.9. The van der Waals surface area contributed by atoms with Gasteiger partial charge in [-0.25, -0.2) is 12.8 Å². The van der Waals surface area contributed by atoms with Crippen molar-refractivity contribution < 1.29 is 22.5 Å². The fourth-order valence-corrected chi connectivity index (χ4v) is 5.45. The number of nitrogens with zero attached hydrogens (tertiary/aromatic N) is 3. The zero-order valence-corrected chi connectivity index (χ0v) is 18.1. The summed E-state index contributed by atoms with van der Waals surface area (Å²) in [5, 5.41) is 11.0. The van der Waals surface area contributed by atoms with Gasteiger partial charge >= 0.3 is 0 Å². The molecule has 1 aliphatic rings. The van der Waals surface area contributed by atoms with Crippen LogP contribution >= 0.6 is 0 Å². The molecule has 0 bridgehead atoms. The largest absolute Gasteiger partial charge is 0.341 e. The Kier molecular flexibility index (Phi) is 6.71. The standard InChI is InChI=1S/C21H24FN3O5S/c1-15-7-8-18(25(27)28)13-20(15)31(29,30)24-11-9-16(10-12-24)21(26)23(2)14-17-5-3-4-6-19(17)22/h3-8,13,16H,9-12,14H2,1-2H3. The van der Waals surface area contributed by atoms with E-state index in [1.54, 1.807) is 32.2 Å². The van der Waals surface area contributed by atoms with Gasteiger partial charge in [0, 0.05) is 50.3 Å². The average molecular weight is 450 g/mol. The molecule has 0 spiro atoms. The second-order valence-electron chi connectivity index (χ2n) is 7.67. The maximum atomic E-state index is 13.9. The molecule has 1 saturated heterocycles. The summed E-state index contributed by atoms with van der Waals surface area (Å²) in [5.74, 6) is -0.906. The van der Waals surface area contributed by atoms with Gasteiger partial charge < -0.3 is 4.90 Å². The average Bonchev–Trinajstić information content (AvgIpc) is 2.74. The van der Waals surface area contributed by atoms with Crippen LogP contribution in [0.3, 0.4) is 0 Å². The lowest BCUT2D eigenvalue weighted by Gasteiger charge is -2.32. The van der Waals surface area contributed by atoms with E-state index in [1.165, 1.54) is 27.4 Å². The Balaban J connectivity index is 1.67. The van der Waals surface area contributed by atoms with Gasteiger partial charge in [-0.15, -0.1) is 0 Å². The third-order valence-electron chi connectivity index (χ3n) is 5.55. The molecule has 0 atom stereocenters. The molecular weight excluding hydrogens is 425 g/mol. The smallest absolute Gasteiger partial charge is 0.270 e. The molecule has 166 valence electrons. The molecule has 0 aliphatic carbocycles. The van der Waals surface area contributed by atoms with Gasteiger partial charge in [0.25, 0.3) is 5.69 Å². The molecule has 31 heavy (non-hydrogen) atoms. The normalized spacial score (nSPS) is 15.6. The fourth-order valence-electron chi connectivity index (χ4n) is 3.73. The first kappa shape index (κ1) is 22.8. The molecule has 10 heteroatoms. The number of carbonyl (C=O) groups is 1. The second-order valence-corrected chi connectivity index (χ2v) is 9.58. The summed E-state index contributed by atoms with van der Waals surface area (Å²) < 4.78 is 41.2. The van der Waals surface area contributed by atoms with Gasteiger partial charge in [0.05, 0.1) is 9.82 Å². The predicted octanol–water partition coefficient (Wildman–Crippen LogP) is 3.10. The minimum atomic E-state index is -3.92. The number of carbonyl (C=O) groups excluding carboxylic acids is 1. The molecule has 8 nitrogen and oxygen atoms in total. The number of hydrogen-bond donors (Lipinski definition) is 0. The molecule has 1 aliphatic heterocycles. The van der Waals surface area contributed by atoms with E-state index in [0.717, 1.165) is 6.07 Å². The van der Waals surface area contributed by atoms with Gasteiger partial charge in [-0.05, 0) is 31.4 Å². The Morgan fingerprint density at radius 1 is 1.23 bits per heavy atom. The summed E-state index contributed by atoms with van der Waals surface area (Å²) in [4.78, 5) is 24.5. The molecule has 1 amide bonds. The zero-order chi connectivity index (χ0) is 22.8. The Morgan fingerprint density at radius 2 is 1.87 bits per heavy atom. The van der Waals surface area contributed by atoms with E-state index in [-0.39, 0.29) is 47.9 Å². The summed E-state index contributed by atoms with van der Waals surface area (Å²) >= 11 is 0. The molecule has 1 fully saturated rings. The van der Waals surface area contributed by atoms with Crippen molar-refractivity contribution in [1.82, 2.24) is 9.21 Å². The van der Waals surface area contributed by atoms with Crippen LogP contribution < -0.4 is 0 Å². The van der Waals surface area contributed by atoms with Crippen molar-refractivity contribution in [3.8, 4) is 0 Å². The molecular formula is C21H24FN3O5S. The monoisotopic (exact) mass is 449 g/mol. The Bertz CT molecular complexity index is 1100. The molecule has 0 saturated carbocycles. The van der Waals surface area contributed by atoms with Crippen LogP contribution in [0.5, 0.6) is 0 Å². The summed E-state index contributed by atoms with van der Waals surface area (Å²) in [6.07, 6.45) is 0.654. The number of amides is 1. The number of nitro groups is 1. The lowest BCUT2D eigenvalue weighted by atomic mass is 9.96. The van der Waals surface area contributed by atoms with Crippen LogP contribution in [-0.4, -0.2) is 48.6 Å². The van der Waals surface area contributed by atoms with Gasteiger partial charge in [0.1, 0.15) is 5.82 Å². The minimum Gasteiger partial charge on any atom is -0.341 e. The highest BCUT2D eigenvalue weighted by Gasteiger charge is 2.34. The Morgan fingerprint density at radius 3 is 2.48 bits per heavy atom. The van der Waals surface area contributed by atoms with Crippen molar-refractivity contribution in [3.05, 3.63) is 69.5 Å².